The van der Waals surface area contributed by atoms with Crippen molar-refractivity contribution in [3.63, 3.8) is 0 Å². The van der Waals surface area contributed by atoms with Gasteiger partial charge in [-0.25, -0.2) is 4.79 Å². The highest BCUT2D eigenvalue weighted by molar-refractivity contribution is 5.85. The molecule has 1 amide bonds. The minimum absolute atomic E-state index is 0. The Hall–Kier alpha value is -1.63. The summed E-state index contributed by atoms with van der Waals surface area (Å²) in [5.41, 5.74) is -0.217. The molecule has 1 fully saturated rings. The zero-order chi connectivity index (χ0) is 16.2. The number of carbonyl (C=O) groups is 1. The number of anilines is 1. The van der Waals surface area contributed by atoms with Crippen LogP contribution in [0.25, 0.3) is 0 Å². The van der Waals surface area contributed by atoms with Crippen LogP contribution >= 0.6 is 12.4 Å². The quantitative estimate of drug-likeness (QED) is 0.888. The lowest BCUT2D eigenvalue weighted by atomic mass is 10.0. The van der Waals surface area contributed by atoms with Crippen LogP contribution in [0, 0.1) is 0 Å². The van der Waals surface area contributed by atoms with Crippen molar-refractivity contribution < 1.29 is 22.7 Å². The van der Waals surface area contributed by atoms with E-state index < -0.39 is 11.7 Å². The number of ether oxygens (including phenoxy) is 1. The number of nitrogens with zero attached hydrogens (tertiary/aromatic N) is 1. The molecule has 130 valence electrons. The molecule has 1 aliphatic heterocycles. The van der Waals surface area contributed by atoms with Gasteiger partial charge in [-0.2, -0.15) is 13.2 Å². The Morgan fingerprint density at radius 1 is 1.35 bits per heavy atom. The van der Waals surface area contributed by atoms with Gasteiger partial charge in [-0.1, -0.05) is 6.07 Å². The van der Waals surface area contributed by atoms with Crippen LogP contribution < -0.4 is 5.32 Å². The molecule has 4 nitrogen and oxygen atoms in total. The third-order valence-electron chi connectivity index (χ3n) is 3.58. The topological polar surface area (TPSA) is 41.6 Å². The standard InChI is InChI=1S/C15H19F3N2O2.ClH/c1-2-22-14(21)20-8-6-12(7-9-20)19-13-5-3-4-11(10-13)15(16,17)18;/h3-5,10,12,19H,2,6-9H2,1H3;1H. The SMILES string of the molecule is CCOC(=O)N1CCC(Nc2cccc(C(F)(F)F)c2)CC1.Cl. The molecular weight excluding hydrogens is 333 g/mol. The summed E-state index contributed by atoms with van der Waals surface area (Å²) in [7, 11) is 0. The number of amides is 1. The zero-order valence-electron chi connectivity index (χ0n) is 12.7. The second kappa shape index (κ2) is 8.29. The van der Waals surface area contributed by atoms with Crippen LogP contribution in [0.4, 0.5) is 23.7 Å². The van der Waals surface area contributed by atoms with Gasteiger partial charge in [0.15, 0.2) is 0 Å². The molecule has 23 heavy (non-hydrogen) atoms. The maximum absolute atomic E-state index is 12.7. The van der Waals surface area contributed by atoms with E-state index in [2.05, 4.69) is 5.32 Å². The molecule has 1 aliphatic rings. The monoisotopic (exact) mass is 352 g/mol. The Morgan fingerprint density at radius 3 is 2.57 bits per heavy atom. The molecule has 0 bridgehead atoms. The number of piperidine rings is 1. The smallest absolute Gasteiger partial charge is 0.416 e. The summed E-state index contributed by atoms with van der Waals surface area (Å²) in [6.07, 6.45) is -3.32. The van der Waals surface area contributed by atoms with Crippen LogP contribution in [0.15, 0.2) is 24.3 Å². The molecular formula is C15H20ClF3N2O2. The fourth-order valence-corrected chi connectivity index (χ4v) is 2.44. The first-order valence-electron chi connectivity index (χ1n) is 7.25. The van der Waals surface area contributed by atoms with E-state index >= 15 is 0 Å². The average Bonchev–Trinajstić information content (AvgIpc) is 2.48. The number of hydrogen-bond donors (Lipinski definition) is 1. The molecule has 1 heterocycles. The van der Waals surface area contributed by atoms with Gasteiger partial charge in [0, 0.05) is 24.8 Å². The first-order valence-corrected chi connectivity index (χ1v) is 7.25. The van der Waals surface area contributed by atoms with Crippen LogP contribution in [0.5, 0.6) is 0 Å². The normalized spacial score (nSPS) is 15.7. The van der Waals surface area contributed by atoms with Gasteiger partial charge >= 0.3 is 12.3 Å². The number of likely N-dealkylation sites (tertiary alicyclic amines) is 1. The summed E-state index contributed by atoms with van der Waals surface area (Å²) in [5.74, 6) is 0. The number of alkyl halides is 3. The summed E-state index contributed by atoms with van der Waals surface area (Å²) in [5, 5.41) is 3.11. The first kappa shape index (κ1) is 19.4. The van der Waals surface area contributed by atoms with E-state index in [-0.39, 0.29) is 24.5 Å². The van der Waals surface area contributed by atoms with E-state index in [1.165, 1.54) is 6.07 Å². The van der Waals surface area contributed by atoms with Crippen LogP contribution in [0.3, 0.4) is 0 Å². The van der Waals surface area contributed by atoms with Gasteiger partial charge in [0.2, 0.25) is 0 Å². The molecule has 2 rings (SSSR count). The molecule has 0 unspecified atom stereocenters. The van der Waals surface area contributed by atoms with E-state index in [1.807, 2.05) is 0 Å². The summed E-state index contributed by atoms with van der Waals surface area (Å²) in [6, 6.07) is 5.21. The molecule has 1 aromatic carbocycles. The highest BCUT2D eigenvalue weighted by atomic mass is 35.5. The highest BCUT2D eigenvalue weighted by Crippen LogP contribution is 2.31. The first-order chi connectivity index (χ1) is 10.4. The molecule has 0 spiro atoms. The minimum Gasteiger partial charge on any atom is -0.450 e. The largest absolute Gasteiger partial charge is 0.450 e. The molecule has 0 radical (unpaired) electrons. The van der Waals surface area contributed by atoms with Gasteiger partial charge in [-0.15, -0.1) is 12.4 Å². The fraction of sp³-hybridized carbons (Fsp3) is 0.533. The lowest BCUT2D eigenvalue weighted by Crippen LogP contribution is -2.42. The predicted molar refractivity (Wildman–Crippen MR) is 83.9 cm³/mol. The maximum atomic E-state index is 12.7. The Balaban J connectivity index is 0.00000264. The van der Waals surface area contributed by atoms with Gasteiger partial charge in [0.1, 0.15) is 0 Å². The number of carbonyl (C=O) groups excluding carboxylic acids is 1. The second-order valence-electron chi connectivity index (χ2n) is 5.18. The second-order valence-corrected chi connectivity index (χ2v) is 5.18. The summed E-state index contributed by atoms with van der Waals surface area (Å²) >= 11 is 0. The Morgan fingerprint density at radius 2 is 2.00 bits per heavy atom. The molecule has 1 saturated heterocycles. The van der Waals surface area contributed by atoms with Gasteiger partial charge < -0.3 is 15.0 Å². The third-order valence-corrected chi connectivity index (χ3v) is 3.58. The van der Waals surface area contributed by atoms with Crippen molar-refractivity contribution in [1.29, 1.82) is 0 Å². The van der Waals surface area contributed by atoms with E-state index in [0.29, 0.717) is 38.2 Å². The van der Waals surface area contributed by atoms with Crippen molar-refractivity contribution in [3.8, 4) is 0 Å². The molecule has 8 heteroatoms. The van der Waals surface area contributed by atoms with E-state index in [9.17, 15) is 18.0 Å². The summed E-state index contributed by atoms with van der Waals surface area (Å²) in [4.78, 5) is 13.2. The molecule has 1 N–H and O–H groups in total. The number of benzene rings is 1. The molecule has 0 saturated carbocycles. The van der Waals surface area contributed by atoms with Crippen molar-refractivity contribution in [1.82, 2.24) is 4.90 Å². The van der Waals surface area contributed by atoms with Crippen molar-refractivity contribution in [2.24, 2.45) is 0 Å². The maximum Gasteiger partial charge on any atom is 0.416 e. The summed E-state index contributed by atoms with van der Waals surface area (Å²) < 4.78 is 42.9. The van der Waals surface area contributed by atoms with Crippen molar-refractivity contribution >= 4 is 24.2 Å². The molecule has 0 aliphatic carbocycles. The molecule has 0 aromatic heterocycles. The van der Waals surface area contributed by atoms with Gasteiger partial charge in [-0.3, -0.25) is 0 Å². The zero-order valence-corrected chi connectivity index (χ0v) is 13.5. The number of nitrogens with one attached hydrogen (secondary N) is 1. The lowest BCUT2D eigenvalue weighted by Gasteiger charge is -2.32. The lowest BCUT2D eigenvalue weighted by molar-refractivity contribution is -0.137. The van der Waals surface area contributed by atoms with E-state index in [1.54, 1.807) is 17.9 Å². The average molecular weight is 353 g/mol. The van der Waals surface area contributed by atoms with Crippen LogP contribution in [0.1, 0.15) is 25.3 Å². The van der Waals surface area contributed by atoms with Crippen LogP contribution in [-0.2, 0) is 10.9 Å². The molecule has 0 atom stereocenters. The van der Waals surface area contributed by atoms with Gasteiger partial charge in [-0.05, 0) is 38.0 Å². The third kappa shape index (κ3) is 5.49. The van der Waals surface area contributed by atoms with Crippen LogP contribution in [0.2, 0.25) is 0 Å². The van der Waals surface area contributed by atoms with Gasteiger partial charge in [0.25, 0.3) is 0 Å². The Labute approximate surface area is 139 Å². The van der Waals surface area contributed by atoms with E-state index in [4.69, 9.17) is 4.74 Å². The number of rotatable bonds is 3. The summed E-state index contributed by atoms with van der Waals surface area (Å²) in [6.45, 7) is 3.16. The predicted octanol–water partition coefficient (Wildman–Crippen LogP) is 4.16. The van der Waals surface area contributed by atoms with Crippen molar-refractivity contribution in [2.75, 3.05) is 25.0 Å². The van der Waals surface area contributed by atoms with Gasteiger partial charge in [0.05, 0.1) is 12.2 Å². The number of halogens is 4. The van der Waals surface area contributed by atoms with E-state index in [0.717, 1.165) is 12.1 Å². The van der Waals surface area contributed by atoms with Crippen LogP contribution in [-0.4, -0.2) is 36.7 Å². The van der Waals surface area contributed by atoms with Crippen molar-refractivity contribution in [2.45, 2.75) is 32.0 Å². The fourth-order valence-electron chi connectivity index (χ4n) is 2.44. The minimum atomic E-state index is -4.34. The van der Waals surface area contributed by atoms with Crippen molar-refractivity contribution in [3.05, 3.63) is 29.8 Å². The highest BCUT2D eigenvalue weighted by Gasteiger charge is 2.30. The Kier molecular flexibility index (Phi) is 7.00. The molecule has 1 aromatic rings. The number of hydrogen-bond acceptors (Lipinski definition) is 3. The Bertz CT molecular complexity index is 518.